The number of rotatable bonds is 3. The lowest BCUT2D eigenvalue weighted by Crippen LogP contribution is -2.48. The van der Waals surface area contributed by atoms with Gasteiger partial charge in [-0.05, 0) is 30.5 Å². The molecule has 0 amide bonds. The molecule has 2 aromatic rings. The van der Waals surface area contributed by atoms with Gasteiger partial charge in [0.2, 0.25) is 0 Å². The lowest BCUT2D eigenvalue weighted by atomic mass is 9.88. The summed E-state index contributed by atoms with van der Waals surface area (Å²) in [5.41, 5.74) is 1.57. The quantitative estimate of drug-likeness (QED) is 0.805. The molecule has 0 unspecified atom stereocenters. The van der Waals surface area contributed by atoms with Gasteiger partial charge in [-0.2, -0.15) is 0 Å². The van der Waals surface area contributed by atoms with Crippen LogP contribution in [0.15, 0.2) is 60.7 Å². The monoisotopic (exact) mass is 278 g/mol. The summed E-state index contributed by atoms with van der Waals surface area (Å²) in [6.45, 7) is 0.898. The third kappa shape index (κ3) is 1.98. The van der Waals surface area contributed by atoms with E-state index < -0.39 is 5.54 Å². The van der Waals surface area contributed by atoms with Crippen molar-refractivity contribution in [2.45, 2.75) is 18.4 Å². The van der Waals surface area contributed by atoms with Gasteiger partial charge in [0.05, 0.1) is 0 Å². The van der Waals surface area contributed by atoms with Crippen molar-refractivity contribution in [3.8, 4) is 0 Å². The van der Waals surface area contributed by atoms with Gasteiger partial charge < -0.3 is 9.69 Å². The second kappa shape index (κ2) is 5.25. The molecule has 1 saturated heterocycles. The van der Waals surface area contributed by atoms with Crippen LogP contribution in [-0.4, -0.2) is 22.2 Å². The van der Waals surface area contributed by atoms with Gasteiger partial charge in [-0.1, -0.05) is 48.5 Å². The van der Waals surface area contributed by atoms with E-state index in [9.17, 15) is 4.79 Å². The molecule has 0 aliphatic carbocycles. The summed E-state index contributed by atoms with van der Waals surface area (Å²) in [7, 11) is 3.31. The fourth-order valence-corrected chi connectivity index (χ4v) is 3.56. The molecule has 1 atom stereocenters. The summed E-state index contributed by atoms with van der Waals surface area (Å²) in [5, 5.41) is 0.0325. The summed E-state index contributed by atoms with van der Waals surface area (Å²) in [6.07, 6.45) is 1.86. The Hall–Kier alpha value is -1.87. The highest BCUT2D eigenvalue weighted by atomic mass is 28.1. The molecule has 1 aliphatic heterocycles. The molecule has 0 N–H and O–H groups in total. The maximum absolute atomic E-state index is 12.4. The number of nitrogens with zero attached hydrogens (tertiary/aromatic N) is 1. The van der Waals surface area contributed by atoms with Gasteiger partial charge in [0.15, 0.2) is 0 Å². The van der Waals surface area contributed by atoms with Crippen LogP contribution in [0.5, 0.6) is 0 Å². The van der Waals surface area contributed by atoms with Crippen LogP contribution in [-0.2, 0) is 10.3 Å². The number of benzene rings is 2. The van der Waals surface area contributed by atoms with Gasteiger partial charge in [-0.15, -0.1) is 0 Å². The molecule has 1 aliphatic rings. The van der Waals surface area contributed by atoms with E-state index in [-0.39, 0.29) is 5.41 Å². The first-order chi connectivity index (χ1) is 9.75. The average molecular weight is 278 g/mol. The van der Waals surface area contributed by atoms with Gasteiger partial charge in [-0.3, -0.25) is 0 Å². The lowest BCUT2D eigenvalue weighted by Gasteiger charge is -2.39. The first-order valence-corrected chi connectivity index (χ1v) is 7.39. The number of carbonyl (C=O) groups is 1. The Bertz CT molecular complexity index is 599. The lowest BCUT2D eigenvalue weighted by molar-refractivity contribution is -0.116. The Labute approximate surface area is 122 Å². The highest BCUT2D eigenvalue weighted by Gasteiger charge is 2.46. The zero-order valence-corrected chi connectivity index (χ0v) is 12.3. The molecule has 3 radical (unpaired) electrons. The van der Waals surface area contributed by atoms with E-state index >= 15 is 0 Å². The third-order valence-corrected chi connectivity index (χ3v) is 4.49. The fourth-order valence-electron chi connectivity index (χ4n) is 3.16. The molecule has 3 rings (SSSR count). The van der Waals surface area contributed by atoms with Crippen LogP contribution in [0, 0.1) is 0 Å². The minimum atomic E-state index is -0.584. The van der Waals surface area contributed by atoms with E-state index in [1.54, 1.807) is 0 Å². The summed E-state index contributed by atoms with van der Waals surface area (Å²) >= 11 is 0. The molecule has 0 aromatic heterocycles. The Morgan fingerprint density at radius 3 is 2.20 bits per heavy atom. The summed E-state index contributed by atoms with van der Waals surface area (Å²) in [5.74, 6) is 0. The highest BCUT2D eigenvalue weighted by molar-refractivity contribution is 6.60. The van der Waals surface area contributed by atoms with Crippen LogP contribution in [0.1, 0.15) is 18.4 Å². The van der Waals surface area contributed by atoms with Crippen LogP contribution in [0.3, 0.4) is 0 Å². The Morgan fingerprint density at radius 2 is 1.60 bits per heavy atom. The minimum Gasteiger partial charge on any atom is -0.355 e. The molecule has 2 aromatic carbocycles. The second-order valence-corrected chi connectivity index (χ2v) is 5.60. The van der Waals surface area contributed by atoms with Gasteiger partial charge in [-0.25, -0.2) is 0 Å². The molecule has 0 spiro atoms. The fraction of sp³-hybridized carbons (Fsp3) is 0.235. The van der Waals surface area contributed by atoms with Gasteiger partial charge in [0.1, 0.15) is 21.2 Å². The van der Waals surface area contributed by atoms with Crippen molar-refractivity contribution in [3.05, 3.63) is 66.2 Å². The number of para-hydroxylation sites is 1. The largest absolute Gasteiger partial charge is 0.355 e. The first-order valence-electron chi connectivity index (χ1n) is 6.89. The molecule has 0 saturated carbocycles. The maximum Gasteiger partial charge on any atom is 0.133 e. The van der Waals surface area contributed by atoms with Crippen molar-refractivity contribution in [2.75, 3.05) is 11.4 Å². The zero-order valence-electron chi connectivity index (χ0n) is 11.3. The van der Waals surface area contributed by atoms with Gasteiger partial charge in [0.25, 0.3) is 0 Å². The van der Waals surface area contributed by atoms with E-state index in [2.05, 4.69) is 27.3 Å². The smallest absolute Gasteiger partial charge is 0.133 e. The number of anilines is 1. The number of hydrogen-bond donors (Lipinski definition) is 0. The predicted molar refractivity (Wildman–Crippen MR) is 81.9 cm³/mol. The zero-order chi connectivity index (χ0) is 14.0. The first kappa shape index (κ1) is 13.1. The minimum absolute atomic E-state index is 0.0325. The normalized spacial score (nSPS) is 21.9. The Balaban J connectivity index is 2.13. The number of hydrogen-bond acceptors (Lipinski definition) is 2. The highest BCUT2D eigenvalue weighted by Crippen LogP contribution is 2.42. The molecule has 20 heavy (non-hydrogen) atoms. The summed E-state index contributed by atoms with van der Waals surface area (Å²) in [6, 6.07) is 20.2. The standard InChI is InChI=1S/C17H16NOSi/c19-16(20)17(14-8-3-1-4-9-14)12-7-13-18(17)15-10-5-2-6-11-15/h1-6,8-11H,7,12-13H2/t17-/m1/s1. The van der Waals surface area contributed by atoms with E-state index in [1.807, 2.05) is 48.5 Å². The van der Waals surface area contributed by atoms with Crippen molar-refractivity contribution in [1.82, 2.24) is 0 Å². The van der Waals surface area contributed by atoms with Gasteiger partial charge >= 0.3 is 0 Å². The topological polar surface area (TPSA) is 20.3 Å². The van der Waals surface area contributed by atoms with Crippen molar-refractivity contribution in [2.24, 2.45) is 0 Å². The van der Waals surface area contributed by atoms with E-state index in [4.69, 9.17) is 0 Å². The van der Waals surface area contributed by atoms with E-state index in [0.717, 1.165) is 30.6 Å². The molecule has 0 bridgehead atoms. The number of carbonyl (C=O) groups excluding carboxylic acids is 1. The van der Waals surface area contributed by atoms with Gasteiger partial charge in [0, 0.05) is 12.2 Å². The van der Waals surface area contributed by atoms with Crippen LogP contribution < -0.4 is 4.90 Å². The molecular weight excluding hydrogens is 262 g/mol. The van der Waals surface area contributed by atoms with E-state index in [1.165, 1.54) is 0 Å². The Morgan fingerprint density at radius 1 is 1.00 bits per heavy atom. The third-order valence-electron chi connectivity index (χ3n) is 4.08. The summed E-state index contributed by atoms with van der Waals surface area (Å²) < 4.78 is 0. The van der Waals surface area contributed by atoms with Crippen LogP contribution in [0.25, 0.3) is 0 Å². The molecule has 2 nitrogen and oxygen atoms in total. The molecule has 99 valence electrons. The van der Waals surface area contributed by atoms with Crippen molar-refractivity contribution < 1.29 is 4.79 Å². The molecule has 1 fully saturated rings. The van der Waals surface area contributed by atoms with Crippen LogP contribution >= 0.6 is 0 Å². The SMILES string of the molecule is O=C([Si])[C@]1(c2ccccc2)CCCN1c1ccccc1. The van der Waals surface area contributed by atoms with Crippen molar-refractivity contribution in [3.63, 3.8) is 0 Å². The van der Waals surface area contributed by atoms with Crippen molar-refractivity contribution >= 4 is 21.3 Å². The Kier molecular flexibility index (Phi) is 3.45. The van der Waals surface area contributed by atoms with Crippen LogP contribution in [0.2, 0.25) is 0 Å². The molecule has 3 heteroatoms. The molecular formula is C17H16NOSi. The van der Waals surface area contributed by atoms with E-state index in [0.29, 0.717) is 0 Å². The predicted octanol–water partition coefficient (Wildman–Crippen LogP) is 2.88. The van der Waals surface area contributed by atoms with Crippen LogP contribution in [0.4, 0.5) is 5.69 Å². The second-order valence-electron chi connectivity index (χ2n) is 5.15. The maximum atomic E-state index is 12.4. The summed E-state index contributed by atoms with van der Waals surface area (Å²) in [4.78, 5) is 14.6. The average Bonchev–Trinajstić information content (AvgIpc) is 2.95. The van der Waals surface area contributed by atoms with Crippen molar-refractivity contribution in [1.29, 1.82) is 0 Å². The molecule has 1 heterocycles.